The second kappa shape index (κ2) is 4.94. The van der Waals surface area contributed by atoms with Gasteiger partial charge in [-0.1, -0.05) is 0 Å². The van der Waals surface area contributed by atoms with Gasteiger partial charge in [0.05, 0.1) is 17.3 Å². The van der Waals surface area contributed by atoms with E-state index in [2.05, 4.69) is 31.2 Å². The van der Waals surface area contributed by atoms with Gasteiger partial charge in [-0.2, -0.15) is 0 Å². The second-order valence-electron chi connectivity index (χ2n) is 4.72. The van der Waals surface area contributed by atoms with Gasteiger partial charge >= 0.3 is 0 Å². The number of aliphatic hydroxyl groups is 1. The van der Waals surface area contributed by atoms with Gasteiger partial charge in [0.2, 0.25) is 5.95 Å². The van der Waals surface area contributed by atoms with Gasteiger partial charge in [0, 0.05) is 24.4 Å². The smallest absolute Gasteiger partial charge is 0.222 e. The molecule has 19 heavy (non-hydrogen) atoms. The molecule has 0 amide bonds. The molecule has 0 radical (unpaired) electrons. The van der Waals surface area contributed by atoms with Gasteiger partial charge in [-0.3, -0.25) is 0 Å². The molecule has 2 N–H and O–H groups in total. The molecule has 6 heteroatoms. The Bertz CT molecular complexity index is 570. The van der Waals surface area contributed by atoms with E-state index in [0.29, 0.717) is 18.9 Å². The van der Waals surface area contributed by atoms with Crippen molar-refractivity contribution < 1.29 is 9.52 Å². The Morgan fingerprint density at radius 1 is 1.42 bits per heavy atom. The molecule has 5 nitrogen and oxygen atoms in total. The van der Waals surface area contributed by atoms with Crippen LogP contribution in [0.5, 0.6) is 0 Å². The first-order chi connectivity index (χ1) is 9.17. The fraction of sp³-hybridized carbons (Fsp3) is 0.385. The minimum atomic E-state index is -0.906. The van der Waals surface area contributed by atoms with Crippen LogP contribution in [0, 0.1) is 0 Å². The van der Waals surface area contributed by atoms with Gasteiger partial charge in [0.1, 0.15) is 11.4 Å². The zero-order valence-corrected chi connectivity index (χ0v) is 11.9. The number of anilines is 1. The lowest BCUT2D eigenvalue weighted by atomic mass is 9.83. The molecule has 0 spiro atoms. The zero-order chi connectivity index (χ0) is 13.3. The Labute approximate surface area is 119 Å². The molecule has 0 bridgehead atoms. The summed E-state index contributed by atoms with van der Waals surface area (Å²) in [5.74, 6) is 1.39. The molecule has 0 aromatic carbocycles. The van der Waals surface area contributed by atoms with Crippen LogP contribution in [0.2, 0.25) is 0 Å². The van der Waals surface area contributed by atoms with Gasteiger partial charge in [-0.25, -0.2) is 9.97 Å². The number of furan rings is 1. The standard InChI is InChI=1S/C13H14BrN3O2/c14-9-6-15-12(16-7-9)17-8-13(18)4-1-2-11-10(13)3-5-19-11/h3,5-7,18H,1-2,4,8H2,(H,15,16,17). The van der Waals surface area contributed by atoms with E-state index in [-0.39, 0.29) is 0 Å². The highest BCUT2D eigenvalue weighted by Gasteiger charge is 2.36. The summed E-state index contributed by atoms with van der Waals surface area (Å²) in [6.07, 6.45) is 7.49. The predicted octanol–water partition coefficient (Wildman–Crippen LogP) is 2.47. The zero-order valence-electron chi connectivity index (χ0n) is 10.3. The molecule has 0 saturated heterocycles. The van der Waals surface area contributed by atoms with Crippen molar-refractivity contribution >= 4 is 21.9 Å². The molecular formula is C13H14BrN3O2. The summed E-state index contributed by atoms with van der Waals surface area (Å²) >= 11 is 3.29. The first-order valence-corrected chi connectivity index (χ1v) is 6.97. The van der Waals surface area contributed by atoms with Crippen molar-refractivity contribution in [3.63, 3.8) is 0 Å². The molecule has 1 unspecified atom stereocenters. The van der Waals surface area contributed by atoms with Crippen LogP contribution in [0.3, 0.4) is 0 Å². The Balaban J connectivity index is 1.75. The lowest BCUT2D eigenvalue weighted by molar-refractivity contribution is 0.0298. The lowest BCUT2D eigenvalue weighted by Gasteiger charge is -2.31. The van der Waals surface area contributed by atoms with E-state index in [1.807, 2.05) is 6.07 Å². The summed E-state index contributed by atoms with van der Waals surface area (Å²) in [5, 5.41) is 13.8. The lowest BCUT2D eigenvalue weighted by Crippen LogP contribution is -2.37. The third-order valence-corrected chi connectivity index (χ3v) is 3.81. The molecule has 1 aliphatic carbocycles. The molecule has 1 aliphatic rings. The van der Waals surface area contributed by atoms with Gasteiger partial charge in [0.25, 0.3) is 0 Å². The maximum absolute atomic E-state index is 10.7. The van der Waals surface area contributed by atoms with Crippen molar-refractivity contribution in [2.24, 2.45) is 0 Å². The molecule has 0 saturated carbocycles. The van der Waals surface area contributed by atoms with Crippen LogP contribution >= 0.6 is 15.9 Å². The molecular weight excluding hydrogens is 310 g/mol. The summed E-state index contributed by atoms with van der Waals surface area (Å²) < 4.78 is 6.22. The van der Waals surface area contributed by atoms with E-state index in [4.69, 9.17) is 4.42 Å². The number of nitrogens with zero attached hydrogens (tertiary/aromatic N) is 2. The number of rotatable bonds is 3. The minimum Gasteiger partial charge on any atom is -0.469 e. The van der Waals surface area contributed by atoms with Crippen molar-refractivity contribution in [3.05, 3.63) is 40.5 Å². The fourth-order valence-corrected chi connectivity index (χ4v) is 2.64. The van der Waals surface area contributed by atoms with Crippen LogP contribution in [0.4, 0.5) is 5.95 Å². The van der Waals surface area contributed by atoms with Crippen LogP contribution < -0.4 is 5.32 Å². The Hall–Kier alpha value is -1.40. The average molecular weight is 324 g/mol. The Morgan fingerprint density at radius 3 is 3.00 bits per heavy atom. The first kappa shape index (κ1) is 12.6. The number of aryl methyl sites for hydroxylation is 1. The van der Waals surface area contributed by atoms with E-state index < -0.39 is 5.60 Å². The van der Waals surface area contributed by atoms with E-state index in [0.717, 1.165) is 28.6 Å². The van der Waals surface area contributed by atoms with Crippen molar-refractivity contribution in [3.8, 4) is 0 Å². The SMILES string of the molecule is OC1(CNc2ncc(Br)cn2)CCCc2occc21. The molecule has 2 aromatic rings. The number of nitrogens with one attached hydrogen (secondary N) is 1. The minimum absolute atomic E-state index is 0.376. The first-order valence-electron chi connectivity index (χ1n) is 6.18. The maximum Gasteiger partial charge on any atom is 0.222 e. The van der Waals surface area contributed by atoms with E-state index >= 15 is 0 Å². The molecule has 2 aromatic heterocycles. The highest BCUT2D eigenvalue weighted by atomic mass is 79.9. The second-order valence-corrected chi connectivity index (χ2v) is 5.64. The molecule has 0 fully saturated rings. The highest BCUT2D eigenvalue weighted by molar-refractivity contribution is 9.10. The Kier molecular flexibility index (Phi) is 3.28. The van der Waals surface area contributed by atoms with Gasteiger partial charge < -0.3 is 14.8 Å². The fourth-order valence-electron chi connectivity index (χ4n) is 2.44. The molecule has 1 atom stereocenters. The molecule has 3 rings (SSSR count). The Morgan fingerprint density at radius 2 is 2.21 bits per heavy atom. The summed E-state index contributed by atoms with van der Waals surface area (Å²) in [7, 11) is 0. The monoisotopic (exact) mass is 323 g/mol. The van der Waals surface area contributed by atoms with E-state index in [1.54, 1.807) is 18.7 Å². The number of fused-ring (bicyclic) bond motifs is 1. The predicted molar refractivity (Wildman–Crippen MR) is 73.8 cm³/mol. The number of halogens is 1. The van der Waals surface area contributed by atoms with Crippen molar-refractivity contribution in [2.45, 2.75) is 24.9 Å². The van der Waals surface area contributed by atoms with Gasteiger partial charge in [0.15, 0.2) is 0 Å². The topological polar surface area (TPSA) is 71.2 Å². The third-order valence-electron chi connectivity index (χ3n) is 3.40. The third kappa shape index (κ3) is 2.50. The molecule has 0 aliphatic heterocycles. The normalized spacial score (nSPS) is 22.0. The van der Waals surface area contributed by atoms with Crippen molar-refractivity contribution in [1.82, 2.24) is 9.97 Å². The highest BCUT2D eigenvalue weighted by Crippen LogP contribution is 2.35. The number of aromatic nitrogens is 2. The van der Waals surface area contributed by atoms with Crippen molar-refractivity contribution in [1.29, 1.82) is 0 Å². The number of hydrogen-bond donors (Lipinski definition) is 2. The molecule has 2 heterocycles. The maximum atomic E-state index is 10.7. The molecule has 100 valence electrons. The summed E-state index contributed by atoms with van der Waals surface area (Å²) in [6.45, 7) is 0.376. The van der Waals surface area contributed by atoms with Crippen LogP contribution in [-0.4, -0.2) is 21.6 Å². The van der Waals surface area contributed by atoms with Gasteiger partial charge in [-0.15, -0.1) is 0 Å². The number of hydrogen-bond acceptors (Lipinski definition) is 5. The van der Waals surface area contributed by atoms with E-state index in [1.165, 1.54) is 0 Å². The van der Waals surface area contributed by atoms with E-state index in [9.17, 15) is 5.11 Å². The van der Waals surface area contributed by atoms with Gasteiger partial charge in [-0.05, 0) is 34.8 Å². The quantitative estimate of drug-likeness (QED) is 0.907. The summed E-state index contributed by atoms with van der Waals surface area (Å²) in [6, 6.07) is 1.85. The van der Waals surface area contributed by atoms with Crippen LogP contribution in [0.1, 0.15) is 24.2 Å². The van der Waals surface area contributed by atoms with Crippen LogP contribution in [-0.2, 0) is 12.0 Å². The summed E-state index contributed by atoms with van der Waals surface area (Å²) in [5.41, 5.74) is -0.0276. The largest absolute Gasteiger partial charge is 0.469 e. The van der Waals surface area contributed by atoms with Crippen LogP contribution in [0.25, 0.3) is 0 Å². The van der Waals surface area contributed by atoms with Crippen molar-refractivity contribution in [2.75, 3.05) is 11.9 Å². The average Bonchev–Trinajstić information content (AvgIpc) is 2.88. The van der Waals surface area contributed by atoms with Crippen LogP contribution in [0.15, 0.2) is 33.6 Å². The summed E-state index contributed by atoms with van der Waals surface area (Å²) in [4.78, 5) is 8.27.